The van der Waals surface area contributed by atoms with E-state index in [1.807, 2.05) is 24.3 Å². The number of alkyl halides is 1. The van der Waals surface area contributed by atoms with Gasteiger partial charge in [-0.25, -0.2) is 4.99 Å². The van der Waals surface area contributed by atoms with Crippen LogP contribution in [0.25, 0.3) is 0 Å². The zero-order chi connectivity index (χ0) is 17.8. The molecule has 0 bridgehead atoms. The first kappa shape index (κ1) is 20.6. The molecular formula is C16H24ClFN4OS. The van der Waals surface area contributed by atoms with E-state index in [-0.39, 0.29) is 19.1 Å². The van der Waals surface area contributed by atoms with Crippen LogP contribution < -0.4 is 10.6 Å². The fourth-order valence-corrected chi connectivity index (χ4v) is 2.50. The predicted octanol–water partition coefficient (Wildman–Crippen LogP) is 2.42. The van der Waals surface area contributed by atoms with Crippen LogP contribution in [0.1, 0.15) is 6.42 Å². The van der Waals surface area contributed by atoms with E-state index >= 15 is 0 Å². The van der Waals surface area contributed by atoms with Crippen LogP contribution in [0.5, 0.6) is 0 Å². The number of likely N-dealkylation sites (N-methyl/N-ethyl adjacent to an activating group) is 1. The molecule has 0 aliphatic carbocycles. The minimum atomic E-state index is -0.386. The van der Waals surface area contributed by atoms with Crippen LogP contribution in [0.15, 0.2) is 34.2 Å². The number of hydrogen-bond acceptors (Lipinski definition) is 3. The number of carbonyl (C=O) groups excluding carboxylic acids is 1. The van der Waals surface area contributed by atoms with Gasteiger partial charge in [-0.15, -0.1) is 11.8 Å². The highest BCUT2D eigenvalue weighted by Crippen LogP contribution is 2.19. The normalized spacial score (nSPS) is 11.2. The van der Waals surface area contributed by atoms with E-state index in [4.69, 9.17) is 11.6 Å². The highest BCUT2D eigenvalue weighted by molar-refractivity contribution is 7.99. The Balaban J connectivity index is 2.40. The van der Waals surface area contributed by atoms with Crippen LogP contribution in [0.4, 0.5) is 4.39 Å². The summed E-state index contributed by atoms with van der Waals surface area (Å²) in [5.74, 6) is 1.26. The second kappa shape index (κ2) is 12.0. The van der Waals surface area contributed by atoms with Gasteiger partial charge < -0.3 is 15.5 Å². The van der Waals surface area contributed by atoms with Crippen molar-refractivity contribution in [3.8, 4) is 0 Å². The average molecular weight is 375 g/mol. The highest BCUT2D eigenvalue weighted by atomic mass is 35.5. The number of nitrogens with zero attached hydrogens (tertiary/aromatic N) is 2. The summed E-state index contributed by atoms with van der Waals surface area (Å²) in [5, 5.41) is 6.89. The Labute approximate surface area is 152 Å². The first-order valence-electron chi connectivity index (χ1n) is 7.69. The third-order valence-corrected chi connectivity index (χ3v) is 4.22. The molecule has 1 aromatic carbocycles. The van der Waals surface area contributed by atoms with Crippen LogP contribution >= 0.6 is 23.4 Å². The monoisotopic (exact) mass is 374 g/mol. The maximum absolute atomic E-state index is 12.2. The van der Waals surface area contributed by atoms with E-state index < -0.39 is 0 Å². The number of carbonyl (C=O) groups is 1. The molecule has 0 aliphatic rings. The van der Waals surface area contributed by atoms with Gasteiger partial charge in [0.05, 0.1) is 6.67 Å². The van der Waals surface area contributed by atoms with Crippen LogP contribution in [0, 0.1) is 0 Å². The molecule has 2 N–H and O–H groups in total. The lowest BCUT2D eigenvalue weighted by Crippen LogP contribution is -2.40. The maximum Gasteiger partial charge on any atom is 0.243 e. The number of rotatable bonds is 9. The van der Waals surface area contributed by atoms with Crippen LogP contribution in [-0.2, 0) is 4.79 Å². The van der Waals surface area contributed by atoms with E-state index in [9.17, 15) is 9.18 Å². The van der Waals surface area contributed by atoms with Crippen molar-refractivity contribution >= 4 is 35.2 Å². The standard InChI is InChI=1S/C16H24ClFN4OS/c1-22(2)15(23)12-21-16(19-9-3-8-18)20-10-11-24-14-6-4-13(17)5-7-14/h4-7H,3,8-12H2,1-2H3,(H2,19,20,21). The first-order valence-corrected chi connectivity index (χ1v) is 9.06. The number of benzene rings is 1. The molecule has 0 radical (unpaired) electrons. The van der Waals surface area contributed by atoms with Crippen molar-refractivity contribution in [2.75, 3.05) is 46.2 Å². The molecule has 24 heavy (non-hydrogen) atoms. The van der Waals surface area contributed by atoms with E-state index in [0.29, 0.717) is 25.5 Å². The Morgan fingerprint density at radius 2 is 1.92 bits per heavy atom. The van der Waals surface area contributed by atoms with Crippen molar-refractivity contribution < 1.29 is 9.18 Å². The Kier molecular flexibility index (Phi) is 10.3. The Bertz CT molecular complexity index is 525. The smallest absolute Gasteiger partial charge is 0.243 e. The van der Waals surface area contributed by atoms with Crippen molar-refractivity contribution in [3.63, 3.8) is 0 Å². The molecule has 1 amide bonds. The zero-order valence-corrected chi connectivity index (χ0v) is 15.6. The molecular weight excluding hydrogens is 351 g/mol. The van der Waals surface area contributed by atoms with Crippen LogP contribution in [0.2, 0.25) is 5.02 Å². The maximum atomic E-state index is 12.2. The third kappa shape index (κ3) is 8.98. The van der Waals surface area contributed by atoms with Crippen molar-refractivity contribution in [3.05, 3.63) is 29.3 Å². The fourth-order valence-electron chi connectivity index (χ4n) is 1.61. The molecule has 0 aromatic heterocycles. The minimum Gasteiger partial charge on any atom is -0.356 e. The number of halogens is 2. The topological polar surface area (TPSA) is 56.7 Å². The molecule has 0 heterocycles. The molecule has 1 aromatic rings. The molecule has 0 saturated carbocycles. The van der Waals surface area contributed by atoms with Crippen molar-refractivity contribution in [1.29, 1.82) is 0 Å². The molecule has 0 unspecified atom stereocenters. The quantitative estimate of drug-likeness (QED) is 0.301. The van der Waals surface area contributed by atoms with Gasteiger partial charge in [0.15, 0.2) is 5.96 Å². The number of amides is 1. The Morgan fingerprint density at radius 1 is 1.25 bits per heavy atom. The minimum absolute atomic E-state index is 0.0578. The molecule has 0 fully saturated rings. The Morgan fingerprint density at radius 3 is 2.54 bits per heavy atom. The molecule has 134 valence electrons. The largest absolute Gasteiger partial charge is 0.356 e. The van der Waals surface area contributed by atoms with E-state index in [1.54, 1.807) is 25.9 Å². The molecule has 0 spiro atoms. The van der Waals surface area contributed by atoms with Gasteiger partial charge in [0, 0.05) is 42.9 Å². The van der Waals surface area contributed by atoms with Gasteiger partial charge in [-0.2, -0.15) is 0 Å². The lowest BCUT2D eigenvalue weighted by atomic mass is 10.4. The zero-order valence-electron chi connectivity index (χ0n) is 14.0. The molecule has 5 nitrogen and oxygen atoms in total. The molecule has 8 heteroatoms. The number of guanidine groups is 1. The number of nitrogens with one attached hydrogen (secondary N) is 2. The average Bonchev–Trinajstić information content (AvgIpc) is 2.57. The van der Waals surface area contributed by atoms with E-state index in [2.05, 4.69) is 15.6 Å². The highest BCUT2D eigenvalue weighted by Gasteiger charge is 2.04. The third-order valence-electron chi connectivity index (χ3n) is 2.95. The molecule has 0 saturated heterocycles. The second-order valence-electron chi connectivity index (χ2n) is 5.15. The molecule has 0 aliphatic heterocycles. The van der Waals surface area contributed by atoms with Crippen LogP contribution in [-0.4, -0.2) is 62.9 Å². The summed E-state index contributed by atoms with van der Waals surface area (Å²) in [5.41, 5.74) is 0. The second-order valence-corrected chi connectivity index (χ2v) is 6.76. The van der Waals surface area contributed by atoms with Crippen molar-refractivity contribution in [2.45, 2.75) is 11.3 Å². The number of thioether (sulfide) groups is 1. The first-order chi connectivity index (χ1) is 11.5. The van der Waals surface area contributed by atoms with Gasteiger partial charge >= 0.3 is 0 Å². The van der Waals surface area contributed by atoms with Gasteiger partial charge in [0.25, 0.3) is 0 Å². The van der Waals surface area contributed by atoms with Crippen LogP contribution in [0.3, 0.4) is 0 Å². The predicted molar refractivity (Wildman–Crippen MR) is 99.8 cm³/mol. The van der Waals surface area contributed by atoms with E-state index in [0.717, 1.165) is 15.7 Å². The van der Waals surface area contributed by atoms with Crippen molar-refractivity contribution in [2.24, 2.45) is 4.99 Å². The molecule has 1 rings (SSSR count). The summed E-state index contributed by atoms with van der Waals surface area (Å²) >= 11 is 7.54. The summed E-state index contributed by atoms with van der Waals surface area (Å²) < 4.78 is 12.2. The molecule has 0 atom stereocenters. The summed E-state index contributed by atoms with van der Waals surface area (Å²) in [6.07, 6.45) is 0.405. The number of hydrogen-bond donors (Lipinski definition) is 2. The van der Waals surface area contributed by atoms with Gasteiger partial charge in [-0.05, 0) is 30.7 Å². The summed E-state index contributed by atoms with van der Waals surface area (Å²) in [4.78, 5) is 18.5. The van der Waals surface area contributed by atoms with Gasteiger partial charge in [0.2, 0.25) is 5.91 Å². The van der Waals surface area contributed by atoms with Gasteiger partial charge in [0.1, 0.15) is 6.54 Å². The Hall–Kier alpha value is -1.47. The summed E-state index contributed by atoms with van der Waals surface area (Å²) in [6, 6.07) is 7.65. The summed E-state index contributed by atoms with van der Waals surface area (Å²) in [7, 11) is 3.37. The SMILES string of the molecule is CN(C)C(=O)CN=C(NCCCF)NCCSc1ccc(Cl)cc1. The van der Waals surface area contributed by atoms with Crippen molar-refractivity contribution in [1.82, 2.24) is 15.5 Å². The van der Waals surface area contributed by atoms with Gasteiger partial charge in [-0.1, -0.05) is 11.6 Å². The fraction of sp³-hybridized carbons (Fsp3) is 0.500. The van der Waals surface area contributed by atoms with E-state index in [1.165, 1.54) is 4.90 Å². The number of aliphatic imine (C=N–C) groups is 1. The lowest BCUT2D eigenvalue weighted by molar-refractivity contribution is -0.127. The lowest BCUT2D eigenvalue weighted by Gasteiger charge is -2.13. The summed E-state index contributed by atoms with van der Waals surface area (Å²) in [6.45, 7) is 0.819. The van der Waals surface area contributed by atoms with Gasteiger partial charge in [-0.3, -0.25) is 9.18 Å².